The van der Waals surface area contributed by atoms with Crippen LogP contribution in [0.5, 0.6) is 0 Å². The lowest BCUT2D eigenvalue weighted by Gasteiger charge is -2.12. The molecule has 0 aromatic heterocycles. The van der Waals surface area contributed by atoms with Crippen LogP contribution in [0, 0.1) is 5.82 Å². The van der Waals surface area contributed by atoms with E-state index in [1.54, 1.807) is 12.1 Å². The standard InChI is InChI=1S/C17H19FN2O/c1-2-10-21-13-15-11-16(18)9-8-14(15)12-19-20-17-6-4-3-5-7-17/h2-9,11,19-20H,1,10,12-13H2. The summed E-state index contributed by atoms with van der Waals surface area (Å²) in [5.74, 6) is -0.257. The Morgan fingerprint density at radius 2 is 1.90 bits per heavy atom. The Morgan fingerprint density at radius 3 is 2.67 bits per heavy atom. The largest absolute Gasteiger partial charge is 0.373 e. The Labute approximate surface area is 124 Å². The Balaban J connectivity index is 1.93. The quantitative estimate of drug-likeness (QED) is 0.441. The molecular formula is C17H19FN2O. The summed E-state index contributed by atoms with van der Waals surface area (Å²) in [4.78, 5) is 0. The molecule has 0 aliphatic heterocycles. The van der Waals surface area contributed by atoms with E-state index in [0.717, 1.165) is 16.8 Å². The lowest BCUT2D eigenvalue weighted by atomic mass is 10.1. The molecule has 0 aliphatic carbocycles. The summed E-state index contributed by atoms with van der Waals surface area (Å²) in [6, 6.07) is 14.5. The molecule has 110 valence electrons. The van der Waals surface area contributed by atoms with E-state index in [4.69, 9.17) is 4.74 Å². The first-order valence-corrected chi connectivity index (χ1v) is 6.79. The second-order valence-electron chi connectivity index (χ2n) is 4.56. The van der Waals surface area contributed by atoms with Crippen LogP contribution in [0.2, 0.25) is 0 Å². The van der Waals surface area contributed by atoms with Crippen LogP contribution in [0.1, 0.15) is 11.1 Å². The first kappa shape index (κ1) is 15.2. The van der Waals surface area contributed by atoms with Crippen molar-refractivity contribution in [1.82, 2.24) is 5.43 Å². The number of benzene rings is 2. The van der Waals surface area contributed by atoms with E-state index in [1.807, 2.05) is 30.3 Å². The number of hydrogen-bond donors (Lipinski definition) is 2. The average molecular weight is 286 g/mol. The number of hydrogen-bond acceptors (Lipinski definition) is 3. The number of nitrogens with one attached hydrogen (secondary N) is 2. The van der Waals surface area contributed by atoms with Crippen LogP contribution in [0.4, 0.5) is 10.1 Å². The highest BCUT2D eigenvalue weighted by molar-refractivity contribution is 5.41. The third-order valence-electron chi connectivity index (χ3n) is 2.95. The Morgan fingerprint density at radius 1 is 1.10 bits per heavy atom. The predicted octanol–water partition coefficient (Wildman–Crippen LogP) is 3.65. The van der Waals surface area contributed by atoms with Crippen LogP contribution in [-0.2, 0) is 17.9 Å². The normalized spacial score (nSPS) is 10.3. The summed E-state index contributed by atoms with van der Waals surface area (Å²) in [7, 11) is 0. The minimum Gasteiger partial charge on any atom is -0.373 e. The van der Waals surface area contributed by atoms with Crippen molar-refractivity contribution in [3.8, 4) is 0 Å². The number of rotatable bonds is 8. The zero-order valence-corrected chi connectivity index (χ0v) is 11.8. The fourth-order valence-electron chi connectivity index (χ4n) is 1.92. The summed E-state index contributed by atoms with van der Waals surface area (Å²) in [6.07, 6.45) is 1.67. The number of halogens is 1. The molecule has 2 aromatic carbocycles. The minimum absolute atomic E-state index is 0.257. The highest BCUT2D eigenvalue weighted by Crippen LogP contribution is 2.13. The van der Waals surface area contributed by atoms with Gasteiger partial charge in [-0.3, -0.25) is 0 Å². The van der Waals surface area contributed by atoms with E-state index in [9.17, 15) is 4.39 Å². The second-order valence-corrected chi connectivity index (χ2v) is 4.56. The highest BCUT2D eigenvalue weighted by Gasteiger charge is 2.04. The van der Waals surface area contributed by atoms with Gasteiger partial charge in [-0.15, -0.1) is 6.58 Å². The molecule has 0 amide bonds. The summed E-state index contributed by atoms with van der Waals surface area (Å²) in [6.45, 7) is 4.98. The molecule has 0 unspecified atom stereocenters. The second kappa shape index (κ2) is 8.19. The molecule has 21 heavy (non-hydrogen) atoms. The molecule has 0 bridgehead atoms. The average Bonchev–Trinajstić information content (AvgIpc) is 2.51. The monoisotopic (exact) mass is 286 g/mol. The maximum atomic E-state index is 13.3. The molecule has 2 aromatic rings. The third-order valence-corrected chi connectivity index (χ3v) is 2.95. The number of ether oxygens (including phenoxy) is 1. The van der Waals surface area contributed by atoms with Crippen molar-refractivity contribution in [2.24, 2.45) is 0 Å². The van der Waals surface area contributed by atoms with Gasteiger partial charge in [0.05, 0.1) is 13.2 Å². The van der Waals surface area contributed by atoms with E-state index >= 15 is 0 Å². The first-order chi connectivity index (χ1) is 10.3. The molecule has 0 saturated heterocycles. The molecule has 3 nitrogen and oxygen atoms in total. The van der Waals surface area contributed by atoms with Crippen molar-refractivity contribution in [2.75, 3.05) is 12.0 Å². The van der Waals surface area contributed by atoms with Gasteiger partial charge in [0.2, 0.25) is 0 Å². The van der Waals surface area contributed by atoms with Gasteiger partial charge in [0.15, 0.2) is 0 Å². The molecule has 0 saturated carbocycles. The number of anilines is 1. The molecule has 0 radical (unpaired) electrons. The van der Waals surface area contributed by atoms with Crippen LogP contribution < -0.4 is 10.9 Å². The Hall–Kier alpha value is -2.17. The summed E-state index contributed by atoms with van der Waals surface area (Å²) < 4.78 is 18.7. The molecule has 0 spiro atoms. The maximum Gasteiger partial charge on any atom is 0.123 e. The van der Waals surface area contributed by atoms with Gasteiger partial charge in [0.25, 0.3) is 0 Å². The van der Waals surface area contributed by atoms with Crippen LogP contribution in [-0.4, -0.2) is 6.61 Å². The van der Waals surface area contributed by atoms with Crippen molar-refractivity contribution in [2.45, 2.75) is 13.2 Å². The fourth-order valence-corrected chi connectivity index (χ4v) is 1.92. The topological polar surface area (TPSA) is 33.3 Å². The fraction of sp³-hybridized carbons (Fsp3) is 0.176. The van der Waals surface area contributed by atoms with Crippen LogP contribution in [0.3, 0.4) is 0 Å². The summed E-state index contributed by atoms with van der Waals surface area (Å²) in [5, 5.41) is 0. The zero-order valence-electron chi connectivity index (χ0n) is 11.8. The Kier molecular flexibility index (Phi) is 5.94. The van der Waals surface area contributed by atoms with Crippen molar-refractivity contribution < 1.29 is 9.13 Å². The SMILES string of the molecule is C=CCOCc1cc(F)ccc1CNNc1ccccc1. The summed E-state index contributed by atoms with van der Waals surface area (Å²) >= 11 is 0. The van der Waals surface area contributed by atoms with Gasteiger partial charge in [-0.1, -0.05) is 30.3 Å². The molecule has 0 fully saturated rings. The van der Waals surface area contributed by atoms with E-state index < -0.39 is 0 Å². The third kappa shape index (κ3) is 5.02. The van der Waals surface area contributed by atoms with Crippen molar-refractivity contribution >= 4 is 5.69 Å². The van der Waals surface area contributed by atoms with E-state index in [1.165, 1.54) is 12.1 Å². The van der Waals surface area contributed by atoms with Gasteiger partial charge < -0.3 is 10.2 Å². The van der Waals surface area contributed by atoms with Gasteiger partial charge in [0.1, 0.15) is 5.82 Å². The first-order valence-electron chi connectivity index (χ1n) is 6.79. The van der Waals surface area contributed by atoms with Gasteiger partial charge in [0, 0.05) is 12.2 Å². The molecule has 4 heteroatoms. The smallest absolute Gasteiger partial charge is 0.123 e. The molecule has 2 N–H and O–H groups in total. The van der Waals surface area contributed by atoms with Crippen molar-refractivity contribution in [3.63, 3.8) is 0 Å². The van der Waals surface area contributed by atoms with E-state index in [2.05, 4.69) is 17.4 Å². The van der Waals surface area contributed by atoms with Gasteiger partial charge >= 0.3 is 0 Å². The number of para-hydroxylation sites is 1. The van der Waals surface area contributed by atoms with Crippen LogP contribution in [0.25, 0.3) is 0 Å². The lowest BCUT2D eigenvalue weighted by Crippen LogP contribution is -2.21. The van der Waals surface area contributed by atoms with Gasteiger partial charge in [-0.2, -0.15) is 0 Å². The van der Waals surface area contributed by atoms with Gasteiger partial charge in [-0.25, -0.2) is 9.82 Å². The van der Waals surface area contributed by atoms with Crippen LogP contribution in [0.15, 0.2) is 61.2 Å². The molecular weight excluding hydrogens is 267 g/mol. The van der Waals surface area contributed by atoms with E-state index in [0.29, 0.717) is 19.8 Å². The predicted molar refractivity (Wildman–Crippen MR) is 83.2 cm³/mol. The zero-order chi connectivity index (χ0) is 14.9. The van der Waals surface area contributed by atoms with Gasteiger partial charge in [-0.05, 0) is 35.4 Å². The molecule has 0 heterocycles. The highest BCUT2D eigenvalue weighted by atomic mass is 19.1. The lowest BCUT2D eigenvalue weighted by molar-refractivity contribution is 0.148. The van der Waals surface area contributed by atoms with E-state index in [-0.39, 0.29) is 5.82 Å². The molecule has 0 atom stereocenters. The maximum absolute atomic E-state index is 13.3. The Bertz CT molecular complexity index is 572. The minimum atomic E-state index is -0.257. The number of hydrazine groups is 1. The van der Waals surface area contributed by atoms with Crippen LogP contribution >= 0.6 is 0 Å². The molecule has 2 rings (SSSR count). The summed E-state index contributed by atoms with van der Waals surface area (Å²) in [5.41, 5.74) is 9.02. The van der Waals surface area contributed by atoms with Crippen molar-refractivity contribution in [3.05, 3.63) is 78.1 Å². The molecule has 0 aliphatic rings. The van der Waals surface area contributed by atoms with Crippen molar-refractivity contribution in [1.29, 1.82) is 0 Å².